The van der Waals surface area contributed by atoms with E-state index in [9.17, 15) is 15.0 Å². The van der Waals surface area contributed by atoms with Crippen LogP contribution in [0.2, 0.25) is 0 Å². The lowest BCUT2D eigenvalue weighted by Gasteiger charge is -2.41. The van der Waals surface area contributed by atoms with Gasteiger partial charge in [0.25, 0.3) is 0 Å². The zero-order valence-electron chi connectivity index (χ0n) is 16.0. The number of aliphatic hydroxyl groups is 1. The molecule has 0 spiro atoms. The average Bonchev–Trinajstić information content (AvgIpc) is 3.07. The van der Waals surface area contributed by atoms with E-state index in [4.69, 9.17) is 4.84 Å². The predicted octanol–water partition coefficient (Wildman–Crippen LogP) is 3.20. The van der Waals surface area contributed by atoms with Crippen LogP contribution in [0.4, 0.5) is 4.79 Å². The molecule has 2 rings (SSSR count). The van der Waals surface area contributed by atoms with Gasteiger partial charge in [-0.15, -0.1) is 0 Å². The van der Waals surface area contributed by atoms with Gasteiger partial charge in [-0.05, 0) is 45.6 Å². The highest BCUT2D eigenvalue weighted by Crippen LogP contribution is 2.23. The maximum atomic E-state index is 11.9. The Morgan fingerprint density at radius 1 is 1.27 bits per heavy atom. The maximum absolute atomic E-state index is 11.9. The van der Waals surface area contributed by atoms with E-state index >= 15 is 0 Å². The van der Waals surface area contributed by atoms with Crippen molar-refractivity contribution in [1.29, 1.82) is 0 Å². The van der Waals surface area contributed by atoms with Crippen molar-refractivity contribution >= 4 is 6.09 Å². The molecule has 1 aliphatic carbocycles. The number of amides is 1. The van der Waals surface area contributed by atoms with Gasteiger partial charge in [-0.1, -0.05) is 43.2 Å². The van der Waals surface area contributed by atoms with Crippen molar-refractivity contribution in [1.82, 2.24) is 10.4 Å². The highest BCUT2D eigenvalue weighted by atomic mass is 16.7. The smallest absolute Gasteiger partial charge is 0.408 e. The molecule has 0 saturated heterocycles. The van der Waals surface area contributed by atoms with Crippen molar-refractivity contribution in [2.24, 2.45) is 0 Å². The van der Waals surface area contributed by atoms with Gasteiger partial charge in [0.2, 0.25) is 0 Å². The molecule has 0 aromatic heterocycles. The first-order valence-electron chi connectivity index (χ1n) is 9.42. The molecule has 0 heterocycles. The van der Waals surface area contributed by atoms with E-state index in [1.165, 1.54) is 17.7 Å². The van der Waals surface area contributed by atoms with Gasteiger partial charge in [0.15, 0.2) is 0 Å². The van der Waals surface area contributed by atoms with Crippen molar-refractivity contribution < 1.29 is 19.8 Å². The van der Waals surface area contributed by atoms with Gasteiger partial charge < -0.3 is 10.2 Å². The predicted molar refractivity (Wildman–Crippen MR) is 101 cm³/mol. The molecule has 1 amide bonds. The molecule has 1 aromatic rings. The molecule has 6 nitrogen and oxygen atoms in total. The minimum absolute atomic E-state index is 0.188. The lowest BCUT2D eigenvalue weighted by molar-refractivity contribution is -0.0556. The van der Waals surface area contributed by atoms with Crippen LogP contribution in [0.3, 0.4) is 0 Å². The summed E-state index contributed by atoms with van der Waals surface area (Å²) in [5.74, 6) is 0. The van der Waals surface area contributed by atoms with E-state index in [1.807, 2.05) is 51.1 Å². The summed E-state index contributed by atoms with van der Waals surface area (Å²) < 4.78 is 0. The second-order valence-corrected chi connectivity index (χ2v) is 8.02. The number of aliphatic hydroxyl groups excluding tert-OH is 1. The first-order chi connectivity index (χ1) is 12.3. The molecular weight excluding hydrogens is 332 g/mol. The molecule has 146 valence electrons. The standard InChI is InChI=1S/C20H32N2O4/c1-20(2,3)22(19(24)25)17(13-15-9-5-4-6-10-15)18(23)14-21-26-16-11-7-8-12-16/h4-6,9-10,16-18,21,23H,7-8,11-14H2,1-3H3,(H,24,25)/t17-,18-/m0/s1. The molecule has 1 aromatic carbocycles. The number of hydrogen-bond donors (Lipinski definition) is 3. The molecule has 26 heavy (non-hydrogen) atoms. The van der Waals surface area contributed by atoms with Crippen LogP contribution < -0.4 is 5.48 Å². The minimum Gasteiger partial charge on any atom is -0.465 e. The molecule has 0 aliphatic heterocycles. The molecule has 2 atom stereocenters. The first-order valence-corrected chi connectivity index (χ1v) is 9.42. The Kier molecular flexibility index (Phi) is 7.43. The summed E-state index contributed by atoms with van der Waals surface area (Å²) in [7, 11) is 0. The van der Waals surface area contributed by atoms with Gasteiger partial charge in [0, 0.05) is 12.1 Å². The number of hydroxylamine groups is 1. The summed E-state index contributed by atoms with van der Waals surface area (Å²) in [6.45, 7) is 5.71. The van der Waals surface area contributed by atoms with Crippen molar-refractivity contribution in [2.75, 3.05) is 6.54 Å². The third kappa shape index (κ3) is 5.97. The third-order valence-electron chi connectivity index (χ3n) is 4.84. The summed E-state index contributed by atoms with van der Waals surface area (Å²) in [4.78, 5) is 18.9. The summed E-state index contributed by atoms with van der Waals surface area (Å²) in [6.07, 6.45) is 3.11. The summed E-state index contributed by atoms with van der Waals surface area (Å²) in [5.41, 5.74) is 3.23. The molecular formula is C20H32N2O4. The van der Waals surface area contributed by atoms with Crippen molar-refractivity contribution in [2.45, 2.75) is 76.7 Å². The second kappa shape index (κ2) is 9.35. The van der Waals surface area contributed by atoms with Gasteiger partial charge in [-0.25, -0.2) is 4.79 Å². The van der Waals surface area contributed by atoms with Crippen LogP contribution in [0, 0.1) is 0 Å². The van der Waals surface area contributed by atoms with E-state index in [1.54, 1.807) is 0 Å². The lowest BCUT2D eigenvalue weighted by Crippen LogP contribution is -2.58. The molecule has 0 radical (unpaired) electrons. The quantitative estimate of drug-likeness (QED) is 0.617. The number of carbonyl (C=O) groups is 1. The van der Waals surface area contributed by atoms with Crippen LogP contribution in [-0.2, 0) is 11.3 Å². The largest absolute Gasteiger partial charge is 0.465 e. The summed E-state index contributed by atoms with van der Waals surface area (Å²) in [6, 6.07) is 9.08. The Morgan fingerprint density at radius 2 is 1.88 bits per heavy atom. The lowest BCUT2D eigenvalue weighted by atomic mass is 9.95. The SMILES string of the molecule is CC(C)(C)N(C(=O)O)[C@@H](Cc1ccccc1)[C@@H](O)CNOC1CCCC1. The average molecular weight is 364 g/mol. The van der Waals surface area contributed by atoms with E-state index < -0.39 is 23.8 Å². The molecule has 0 bridgehead atoms. The van der Waals surface area contributed by atoms with E-state index in [-0.39, 0.29) is 12.6 Å². The van der Waals surface area contributed by atoms with Gasteiger partial charge in [-0.2, -0.15) is 5.48 Å². The van der Waals surface area contributed by atoms with Crippen LogP contribution in [0.25, 0.3) is 0 Å². The molecule has 0 unspecified atom stereocenters. The second-order valence-electron chi connectivity index (χ2n) is 8.02. The van der Waals surface area contributed by atoms with Crippen molar-refractivity contribution in [3.63, 3.8) is 0 Å². The maximum Gasteiger partial charge on any atom is 0.408 e. The Morgan fingerprint density at radius 3 is 2.42 bits per heavy atom. The monoisotopic (exact) mass is 364 g/mol. The van der Waals surface area contributed by atoms with Crippen LogP contribution >= 0.6 is 0 Å². The Hall–Kier alpha value is -1.63. The van der Waals surface area contributed by atoms with Crippen LogP contribution in [0.1, 0.15) is 52.0 Å². The fraction of sp³-hybridized carbons (Fsp3) is 0.650. The molecule has 1 fully saturated rings. The summed E-state index contributed by atoms with van der Waals surface area (Å²) in [5, 5.41) is 20.5. The topological polar surface area (TPSA) is 82.0 Å². The Bertz CT molecular complexity index is 553. The number of benzene rings is 1. The first kappa shape index (κ1) is 20.7. The number of nitrogens with zero attached hydrogens (tertiary/aromatic N) is 1. The Balaban J connectivity index is 2.08. The van der Waals surface area contributed by atoms with E-state index in [2.05, 4.69) is 5.48 Å². The van der Waals surface area contributed by atoms with Gasteiger partial charge in [0.05, 0.1) is 18.2 Å². The fourth-order valence-corrected chi connectivity index (χ4v) is 3.57. The van der Waals surface area contributed by atoms with Crippen molar-refractivity contribution in [3.8, 4) is 0 Å². The normalized spacial score (nSPS) is 17.8. The number of carboxylic acid groups (broad SMARTS) is 1. The highest BCUT2D eigenvalue weighted by molar-refractivity contribution is 5.66. The van der Waals surface area contributed by atoms with Crippen LogP contribution in [0.15, 0.2) is 30.3 Å². The van der Waals surface area contributed by atoms with Gasteiger partial charge in [0.1, 0.15) is 0 Å². The molecule has 3 N–H and O–H groups in total. The zero-order chi connectivity index (χ0) is 19.2. The van der Waals surface area contributed by atoms with E-state index in [0.717, 1.165) is 18.4 Å². The van der Waals surface area contributed by atoms with Gasteiger partial charge >= 0.3 is 6.09 Å². The third-order valence-corrected chi connectivity index (χ3v) is 4.84. The molecule has 1 aliphatic rings. The summed E-state index contributed by atoms with van der Waals surface area (Å²) >= 11 is 0. The molecule has 1 saturated carbocycles. The number of rotatable bonds is 8. The van der Waals surface area contributed by atoms with Crippen molar-refractivity contribution in [3.05, 3.63) is 35.9 Å². The van der Waals surface area contributed by atoms with E-state index in [0.29, 0.717) is 6.42 Å². The zero-order valence-corrected chi connectivity index (χ0v) is 16.0. The number of nitrogens with one attached hydrogen (secondary N) is 1. The highest BCUT2D eigenvalue weighted by Gasteiger charge is 2.37. The minimum atomic E-state index is -1.03. The van der Waals surface area contributed by atoms with Crippen LogP contribution in [-0.4, -0.2) is 51.5 Å². The van der Waals surface area contributed by atoms with Gasteiger partial charge in [-0.3, -0.25) is 9.74 Å². The van der Waals surface area contributed by atoms with Crippen LogP contribution in [0.5, 0.6) is 0 Å². The fourth-order valence-electron chi connectivity index (χ4n) is 3.57. The molecule has 6 heteroatoms. The Labute approximate surface area is 156 Å². The number of hydrogen-bond acceptors (Lipinski definition) is 4.